The van der Waals surface area contributed by atoms with Crippen molar-refractivity contribution in [2.75, 3.05) is 6.54 Å². The predicted octanol–water partition coefficient (Wildman–Crippen LogP) is 2.11. The topological polar surface area (TPSA) is 58.2 Å². The first kappa shape index (κ1) is 15.8. The molecule has 0 saturated heterocycles. The summed E-state index contributed by atoms with van der Waals surface area (Å²) in [5, 5.41) is 5.48. The van der Waals surface area contributed by atoms with Gasteiger partial charge in [-0.3, -0.25) is 9.59 Å². The highest BCUT2D eigenvalue weighted by molar-refractivity contribution is 9.10. The van der Waals surface area contributed by atoms with E-state index in [1.165, 1.54) is 11.1 Å². The van der Waals surface area contributed by atoms with Crippen molar-refractivity contribution in [1.29, 1.82) is 0 Å². The van der Waals surface area contributed by atoms with Crippen molar-refractivity contribution in [3.05, 3.63) is 46.5 Å². The van der Waals surface area contributed by atoms with Crippen LogP contribution >= 0.6 is 15.9 Å². The smallest absolute Gasteiger partial charge is 0.243 e. The van der Waals surface area contributed by atoms with Crippen LogP contribution in [0.15, 0.2) is 35.3 Å². The second-order valence-corrected chi connectivity index (χ2v) is 6.11. The van der Waals surface area contributed by atoms with Gasteiger partial charge in [0.25, 0.3) is 0 Å². The van der Waals surface area contributed by atoms with Crippen molar-refractivity contribution in [3.8, 4) is 0 Å². The van der Waals surface area contributed by atoms with E-state index in [9.17, 15) is 9.59 Å². The predicted molar refractivity (Wildman–Crippen MR) is 85.9 cm³/mol. The minimum atomic E-state index is -0.333. The largest absolute Gasteiger partial charge is 0.352 e. The van der Waals surface area contributed by atoms with Gasteiger partial charge in [0.15, 0.2) is 0 Å². The van der Waals surface area contributed by atoms with Crippen molar-refractivity contribution in [3.63, 3.8) is 0 Å². The number of hydrogen-bond acceptors (Lipinski definition) is 2. The molecular formula is C16H19BrN2O2. The molecule has 2 rings (SSSR count). The molecule has 112 valence electrons. The summed E-state index contributed by atoms with van der Waals surface area (Å²) in [5.74, 6) is -0.492. The van der Waals surface area contributed by atoms with Gasteiger partial charge in [0, 0.05) is 10.5 Å². The number of amides is 2. The fraction of sp³-hybridized carbons (Fsp3) is 0.375. The number of nitrogens with one attached hydrogen (secondary N) is 2. The highest BCUT2D eigenvalue weighted by Crippen LogP contribution is 2.24. The molecule has 0 radical (unpaired) electrons. The Kier molecular flexibility index (Phi) is 5.56. The number of benzene rings is 1. The van der Waals surface area contributed by atoms with E-state index in [0.29, 0.717) is 0 Å². The van der Waals surface area contributed by atoms with Crippen molar-refractivity contribution < 1.29 is 9.59 Å². The lowest BCUT2D eigenvalue weighted by Gasteiger charge is -2.17. The Morgan fingerprint density at radius 1 is 1.38 bits per heavy atom. The first-order valence-electron chi connectivity index (χ1n) is 7.05. The van der Waals surface area contributed by atoms with E-state index in [-0.39, 0.29) is 24.4 Å². The average Bonchev–Trinajstić information content (AvgIpc) is 2.65. The number of halogens is 1. The van der Waals surface area contributed by atoms with Gasteiger partial charge in [-0.2, -0.15) is 0 Å². The van der Waals surface area contributed by atoms with Gasteiger partial charge in [0.05, 0.1) is 6.54 Å². The number of rotatable bonds is 4. The molecule has 1 aromatic rings. The average molecular weight is 351 g/mol. The molecule has 1 aliphatic carbocycles. The lowest BCUT2D eigenvalue weighted by atomic mass is 10.0. The lowest BCUT2D eigenvalue weighted by molar-refractivity contribution is -0.124. The Labute approximate surface area is 133 Å². The quantitative estimate of drug-likeness (QED) is 0.645. The van der Waals surface area contributed by atoms with Gasteiger partial charge in [-0.15, -0.1) is 0 Å². The molecule has 2 amide bonds. The molecule has 0 bridgehead atoms. The second kappa shape index (κ2) is 7.41. The third-order valence-corrected chi connectivity index (χ3v) is 4.10. The second-order valence-electron chi connectivity index (χ2n) is 5.20. The zero-order valence-corrected chi connectivity index (χ0v) is 13.4. The minimum absolute atomic E-state index is 0.00725. The van der Waals surface area contributed by atoms with E-state index in [1.54, 1.807) is 0 Å². The number of fused-ring (bicyclic) bond motifs is 1. The van der Waals surface area contributed by atoms with Crippen LogP contribution in [0.3, 0.4) is 0 Å². The number of carbonyl (C=O) groups is 2. The van der Waals surface area contributed by atoms with E-state index in [4.69, 9.17) is 0 Å². The van der Waals surface area contributed by atoms with Gasteiger partial charge in [-0.05, 0) is 55.0 Å². The Morgan fingerprint density at radius 2 is 2.19 bits per heavy atom. The van der Waals surface area contributed by atoms with Crippen LogP contribution in [-0.2, 0) is 22.4 Å². The Hall–Kier alpha value is -1.62. The molecule has 5 heteroatoms. The summed E-state index contributed by atoms with van der Waals surface area (Å²) in [4.78, 5) is 22.9. The van der Waals surface area contributed by atoms with Crippen molar-refractivity contribution >= 4 is 27.7 Å². The van der Waals surface area contributed by atoms with Gasteiger partial charge in [0.2, 0.25) is 11.8 Å². The van der Waals surface area contributed by atoms with Crippen LogP contribution in [0.5, 0.6) is 0 Å². The van der Waals surface area contributed by atoms with Gasteiger partial charge >= 0.3 is 0 Å². The summed E-state index contributed by atoms with van der Waals surface area (Å²) in [6.45, 7) is 3.34. The molecule has 0 aliphatic heterocycles. The van der Waals surface area contributed by atoms with Gasteiger partial charge < -0.3 is 10.6 Å². The SMILES string of the molecule is C=CC(=O)NCC(=O)NC1CCCc2ccc(Br)cc2C1. The Balaban J connectivity index is 1.94. The van der Waals surface area contributed by atoms with Crippen LogP contribution in [0.2, 0.25) is 0 Å². The van der Waals surface area contributed by atoms with E-state index in [0.717, 1.165) is 36.2 Å². The third kappa shape index (κ3) is 4.70. The van der Waals surface area contributed by atoms with Gasteiger partial charge in [0.1, 0.15) is 0 Å². The highest BCUT2D eigenvalue weighted by Gasteiger charge is 2.18. The van der Waals surface area contributed by atoms with E-state index < -0.39 is 0 Å². The molecule has 1 unspecified atom stereocenters. The van der Waals surface area contributed by atoms with Crippen LogP contribution in [0.4, 0.5) is 0 Å². The standard InChI is InChI=1S/C16H19BrN2O2/c1-2-15(20)18-10-16(21)19-14-5-3-4-11-6-7-13(17)8-12(11)9-14/h2,6-8,14H,1,3-5,9-10H2,(H,18,20)(H,19,21). The molecule has 0 saturated carbocycles. The molecular weight excluding hydrogens is 332 g/mol. The van der Waals surface area contributed by atoms with Crippen LogP contribution in [0.1, 0.15) is 24.0 Å². The fourth-order valence-corrected chi connectivity index (χ4v) is 2.98. The first-order valence-corrected chi connectivity index (χ1v) is 7.84. The minimum Gasteiger partial charge on any atom is -0.352 e. The van der Waals surface area contributed by atoms with Gasteiger partial charge in [-0.25, -0.2) is 0 Å². The zero-order chi connectivity index (χ0) is 15.2. The van der Waals surface area contributed by atoms with E-state index in [1.807, 2.05) is 0 Å². The molecule has 0 heterocycles. The molecule has 1 aromatic carbocycles. The first-order chi connectivity index (χ1) is 10.1. The summed E-state index contributed by atoms with van der Waals surface area (Å²) in [6, 6.07) is 6.45. The molecule has 0 spiro atoms. The molecule has 4 nitrogen and oxygen atoms in total. The van der Waals surface area contributed by atoms with Crippen LogP contribution in [0, 0.1) is 0 Å². The fourth-order valence-electron chi connectivity index (χ4n) is 2.58. The summed E-state index contributed by atoms with van der Waals surface area (Å²) in [6.07, 6.45) is 5.04. The molecule has 1 atom stereocenters. The maximum atomic E-state index is 11.9. The van der Waals surface area contributed by atoms with E-state index >= 15 is 0 Å². The Bertz CT molecular complexity index is 557. The van der Waals surface area contributed by atoms with E-state index in [2.05, 4.69) is 51.3 Å². The summed E-state index contributed by atoms with van der Waals surface area (Å²) < 4.78 is 1.06. The van der Waals surface area contributed by atoms with Crippen LogP contribution in [0.25, 0.3) is 0 Å². The molecule has 1 aliphatic rings. The maximum Gasteiger partial charge on any atom is 0.243 e. The molecule has 0 fully saturated rings. The lowest BCUT2D eigenvalue weighted by Crippen LogP contribution is -2.42. The third-order valence-electron chi connectivity index (χ3n) is 3.61. The van der Waals surface area contributed by atoms with Gasteiger partial charge in [-0.1, -0.05) is 28.6 Å². The van der Waals surface area contributed by atoms with Crippen molar-refractivity contribution in [2.24, 2.45) is 0 Å². The van der Waals surface area contributed by atoms with Crippen LogP contribution in [-0.4, -0.2) is 24.4 Å². The van der Waals surface area contributed by atoms with Crippen LogP contribution < -0.4 is 10.6 Å². The Morgan fingerprint density at radius 3 is 2.95 bits per heavy atom. The monoisotopic (exact) mass is 350 g/mol. The maximum absolute atomic E-state index is 11.9. The number of carbonyl (C=O) groups excluding carboxylic acids is 2. The summed E-state index contributed by atoms with van der Waals surface area (Å²) in [5.41, 5.74) is 2.64. The summed E-state index contributed by atoms with van der Waals surface area (Å²) in [7, 11) is 0. The van der Waals surface area contributed by atoms with Crippen molar-refractivity contribution in [2.45, 2.75) is 31.7 Å². The molecule has 0 aromatic heterocycles. The van der Waals surface area contributed by atoms with Crippen molar-refractivity contribution in [1.82, 2.24) is 10.6 Å². The molecule has 21 heavy (non-hydrogen) atoms. The number of hydrogen-bond donors (Lipinski definition) is 2. The zero-order valence-electron chi connectivity index (χ0n) is 11.8. The highest BCUT2D eigenvalue weighted by atomic mass is 79.9. The molecule has 2 N–H and O–H groups in total. The number of aryl methyl sites for hydroxylation is 1. The normalized spacial score (nSPS) is 17.3. The summed E-state index contributed by atoms with van der Waals surface area (Å²) >= 11 is 3.49.